The monoisotopic (exact) mass is 289 g/mol. The second kappa shape index (κ2) is 6.74. The zero-order chi connectivity index (χ0) is 15.2. The van der Waals surface area contributed by atoms with Crippen LogP contribution in [0.25, 0.3) is 0 Å². The molecule has 0 radical (unpaired) electrons. The molecule has 0 atom stereocenters. The van der Waals surface area contributed by atoms with Crippen LogP contribution in [0.4, 0.5) is 10.1 Å². The smallest absolute Gasteiger partial charge is 0.338 e. The Labute approximate surface area is 122 Å². The van der Waals surface area contributed by atoms with Crippen molar-refractivity contribution < 1.29 is 18.7 Å². The highest BCUT2D eigenvalue weighted by molar-refractivity contribution is 5.91. The lowest BCUT2D eigenvalue weighted by molar-refractivity contribution is 0.0599. The number of carbonyl (C=O) groups excluding carboxylic acids is 1. The number of benzene rings is 2. The number of carbonyl (C=O) groups is 1. The van der Waals surface area contributed by atoms with E-state index in [9.17, 15) is 9.18 Å². The van der Waals surface area contributed by atoms with E-state index in [1.807, 2.05) is 6.07 Å². The van der Waals surface area contributed by atoms with Gasteiger partial charge in [0.2, 0.25) is 0 Å². The molecule has 21 heavy (non-hydrogen) atoms. The van der Waals surface area contributed by atoms with Gasteiger partial charge in [-0.3, -0.25) is 0 Å². The van der Waals surface area contributed by atoms with Crippen molar-refractivity contribution in [3.8, 4) is 5.75 Å². The first-order valence-corrected chi connectivity index (χ1v) is 6.39. The van der Waals surface area contributed by atoms with E-state index in [4.69, 9.17) is 9.47 Å². The van der Waals surface area contributed by atoms with Crippen LogP contribution < -0.4 is 10.1 Å². The molecular weight excluding hydrogens is 273 g/mol. The Bertz CT molecular complexity index is 643. The van der Waals surface area contributed by atoms with Crippen LogP contribution in [0.5, 0.6) is 5.75 Å². The molecule has 0 aliphatic carbocycles. The third-order valence-corrected chi connectivity index (χ3v) is 3.07. The Morgan fingerprint density at radius 2 is 1.95 bits per heavy atom. The Morgan fingerprint density at radius 1 is 1.19 bits per heavy atom. The molecule has 0 heterocycles. The number of rotatable bonds is 5. The highest BCUT2D eigenvalue weighted by Gasteiger charge is 2.11. The summed E-state index contributed by atoms with van der Waals surface area (Å²) in [6.45, 7) is 0.301. The van der Waals surface area contributed by atoms with Crippen molar-refractivity contribution in [1.29, 1.82) is 0 Å². The number of hydrogen-bond donors (Lipinski definition) is 1. The molecule has 0 saturated carbocycles. The van der Waals surface area contributed by atoms with Crippen molar-refractivity contribution in [2.45, 2.75) is 6.54 Å². The fourth-order valence-corrected chi connectivity index (χ4v) is 1.94. The molecular formula is C16H16FNO3. The van der Waals surface area contributed by atoms with Gasteiger partial charge in [-0.1, -0.05) is 18.2 Å². The van der Waals surface area contributed by atoms with Crippen molar-refractivity contribution in [2.24, 2.45) is 0 Å². The maximum Gasteiger partial charge on any atom is 0.338 e. The van der Waals surface area contributed by atoms with Crippen molar-refractivity contribution in [3.63, 3.8) is 0 Å². The van der Waals surface area contributed by atoms with Gasteiger partial charge in [-0.05, 0) is 23.8 Å². The van der Waals surface area contributed by atoms with Gasteiger partial charge in [0.05, 0.1) is 25.5 Å². The lowest BCUT2D eigenvalue weighted by atomic mass is 10.1. The SMILES string of the molecule is COC(=O)c1ccccc1CNc1cc(OC)ccc1F. The number of methoxy groups -OCH3 is 2. The van der Waals surface area contributed by atoms with E-state index in [1.165, 1.54) is 20.3 Å². The highest BCUT2D eigenvalue weighted by Crippen LogP contribution is 2.22. The van der Waals surface area contributed by atoms with Gasteiger partial charge in [0.25, 0.3) is 0 Å². The van der Waals surface area contributed by atoms with Gasteiger partial charge in [-0.15, -0.1) is 0 Å². The van der Waals surface area contributed by atoms with Crippen molar-refractivity contribution in [3.05, 3.63) is 59.4 Å². The molecule has 0 saturated heterocycles. The maximum absolute atomic E-state index is 13.7. The van der Waals surface area contributed by atoms with Gasteiger partial charge >= 0.3 is 5.97 Å². The van der Waals surface area contributed by atoms with Crippen LogP contribution in [-0.2, 0) is 11.3 Å². The van der Waals surface area contributed by atoms with Gasteiger partial charge in [-0.25, -0.2) is 9.18 Å². The van der Waals surface area contributed by atoms with Crippen molar-refractivity contribution >= 4 is 11.7 Å². The fourth-order valence-electron chi connectivity index (χ4n) is 1.94. The fraction of sp³-hybridized carbons (Fsp3) is 0.188. The van der Waals surface area contributed by atoms with E-state index < -0.39 is 5.97 Å². The van der Waals surface area contributed by atoms with Crippen LogP contribution in [0.1, 0.15) is 15.9 Å². The van der Waals surface area contributed by atoms with Gasteiger partial charge in [0, 0.05) is 12.6 Å². The number of ether oxygens (including phenoxy) is 2. The molecule has 4 nitrogen and oxygen atoms in total. The third kappa shape index (κ3) is 3.51. The lowest BCUT2D eigenvalue weighted by Crippen LogP contribution is -2.09. The van der Waals surface area contributed by atoms with Crippen molar-refractivity contribution in [1.82, 2.24) is 0 Å². The zero-order valence-electron chi connectivity index (χ0n) is 11.9. The largest absolute Gasteiger partial charge is 0.497 e. The first-order chi connectivity index (χ1) is 10.2. The second-order valence-corrected chi connectivity index (χ2v) is 4.35. The number of esters is 1. The lowest BCUT2D eigenvalue weighted by Gasteiger charge is -2.11. The number of nitrogens with one attached hydrogen (secondary N) is 1. The molecule has 0 spiro atoms. The van der Waals surface area contributed by atoms with Crippen LogP contribution in [0.3, 0.4) is 0 Å². The number of halogens is 1. The maximum atomic E-state index is 13.7. The summed E-state index contributed by atoms with van der Waals surface area (Å²) >= 11 is 0. The Balaban J connectivity index is 2.19. The molecule has 2 rings (SSSR count). The summed E-state index contributed by atoms with van der Waals surface area (Å²) in [7, 11) is 2.85. The van der Waals surface area contributed by atoms with Crippen LogP contribution in [0, 0.1) is 5.82 Å². The number of hydrogen-bond acceptors (Lipinski definition) is 4. The predicted molar refractivity (Wildman–Crippen MR) is 78.1 cm³/mol. The van der Waals surface area contributed by atoms with E-state index in [0.29, 0.717) is 23.5 Å². The predicted octanol–water partition coefficient (Wildman–Crippen LogP) is 3.23. The van der Waals surface area contributed by atoms with Gasteiger partial charge in [0.15, 0.2) is 0 Å². The molecule has 5 heteroatoms. The number of anilines is 1. The molecule has 1 N–H and O–H groups in total. The summed E-state index contributed by atoms with van der Waals surface area (Å²) in [6.07, 6.45) is 0. The minimum Gasteiger partial charge on any atom is -0.497 e. The quantitative estimate of drug-likeness (QED) is 0.858. The topological polar surface area (TPSA) is 47.6 Å². The summed E-state index contributed by atoms with van der Waals surface area (Å²) in [6, 6.07) is 11.5. The Kier molecular flexibility index (Phi) is 4.77. The van der Waals surface area contributed by atoms with Crippen molar-refractivity contribution in [2.75, 3.05) is 19.5 Å². The molecule has 0 bridgehead atoms. The molecule has 0 amide bonds. The highest BCUT2D eigenvalue weighted by atomic mass is 19.1. The van der Waals surface area contributed by atoms with E-state index in [2.05, 4.69) is 5.32 Å². The molecule has 0 aromatic heterocycles. The van der Waals surface area contributed by atoms with E-state index in [0.717, 1.165) is 5.56 Å². The van der Waals surface area contributed by atoms with Crippen LogP contribution >= 0.6 is 0 Å². The molecule has 0 aliphatic heterocycles. The Hall–Kier alpha value is -2.56. The second-order valence-electron chi connectivity index (χ2n) is 4.35. The Morgan fingerprint density at radius 3 is 2.67 bits per heavy atom. The van der Waals surface area contributed by atoms with Crippen LogP contribution in [0.2, 0.25) is 0 Å². The standard InChI is InChI=1S/C16H16FNO3/c1-20-12-7-8-14(17)15(9-12)18-10-11-5-3-4-6-13(11)16(19)21-2/h3-9,18H,10H2,1-2H3. The molecule has 0 unspecified atom stereocenters. The summed E-state index contributed by atoms with van der Waals surface area (Å²) in [4.78, 5) is 11.7. The molecule has 110 valence electrons. The van der Waals surface area contributed by atoms with Crippen LogP contribution in [0.15, 0.2) is 42.5 Å². The van der Waals surface area contributed by atoms with E-state index in [1.54, 1.807) is 30.3 Å². The van der Waals surface area contributed by atoms with E-state index >= 15 is 0 Å². The molecule has 2 aromatic carbocycles. The van der Waals surface area contributed by atoms with Gasteiger partial charge < -0.3 is 14.8 Å². The summed E-state index contributed by atoms with van der Waals surface area (Å²) in [5.74, 6) is -0.245. The van der Waals surface area contributed by atoms with Gasteiger partial charge in [-0.2, -0.15) is 0 Å². The zero-order valence-corrected chi connectivity index (χ0v) is 11.9. The molecule has 0 aliphatic rings. The van der Waals surface area contributed by atoms with Crippen LogP contribution in [-0.4, -0.2) is 20.2 Å². The first kappa shape index (κ1) is 14.8. The summed E-state index contributed by atoms with van der Waals surface area (Å²) < 4.78 is 23.5. The summed E-state index contributed by atoms with van der Waals surface area (Å²) in [5.41, 5.74) is 1.50. The average molecular weight is 289 g/mol. The molecule has 0 fully saturated rings. The van der Waals surface area contributed by atoms with Gasteiger partial charge in [0.1, 0.15) is 11.6 Å². The minimum absolute atomic E-state index is 0.301. The van der Waals surface area contributed by atoms with E-state index in [-0.39, 0.29) is 5.82 Å². The molecule has 2 aromatic rings. The average Bonchev–Trinajstić information content (AvgIpc) is 2.53. The third-order valence-electron chi connectivity index (χ3n) is 3.07. The first-order valence-electron chi connectivity index (χ1n) is 6.39. The summed E-state index contributed by atoms with van der Waals surface area (Å²) in [5, 5.41) is 2.96. The normalized spacial score (nSPS) is 10.0. The minimum atomic E-state index is -0.418.